The third kappa shape index (κ3) is 2.82. The van der Waals surface area contributed by atoms with Gasteiger partial charge >= 0.3 is 0 Å². The summed E-state index contributed by atoms with van der Waals surface area (Å²) in [7, 11) is 0. The van der Waals surface area contributed by atoms with Gasteiger partial charge in [-0.3, -0.25) is 15.0 Å². The molecule has 1 aromatic rings. The molecule has 5 nitrogen and oxygen atoms in total. The molecule has 1 aliphatic heterocycles. The van der Waals surface area contributed by atoms with Crippen molar-refractivity contribution < 1.29 is 9.59 Å². The number of hydrazine groups is 1. The maximum atomic E-state index is 12.3. The Morgan fingerprint density at radius 2 is 2.05 bits per heavy atom. The van der Waals surface area contributed by atoms with Gasteiger partial charge < -0.3 is 4.90 Å². The molecule has 0 radical (unpaired) electrons. The van der Waals surface area contributed by atoms with Crippen molar-refractivity contribution >= 4 is 17.5 Å². The van der Waals surface area contributed by atoms with E-state index in [0.29, 0.717) is 13.0 Å². The Morgan fingerprint density at radius 1 is 1.35 bits per heavy atom. The van der Waals surface area contributed by atoms with Gasteiger partial charge in [-0.1, -0.05) is 18.2 Å². The van der Waals surface area contributed by atoms with Crippen LogP contribution in [0.3, 0.4) is 0 Å². The molecule has 20 heavy (non-hydrogen) atoms. The summed E-state index contributed by atoms with van der Waals surface area (Å²) < 4.78 is 0. The number of nitrogens with two attached hydrogens (primary N) is 1. The number of amides is 2. The smallest absolute Gasteiger partial charge is 0.241 e. The molecule has 2 rings (SSSR count). The lowest BCUT2D eigenvalue weighted by molar-refractivity contribution is -0.129. The normalized spacial score (nSPS) is 15.6. The predicted octanol–water partition coefficient (Wildman–Crippen LogP) is 1.37. The molecule has 3 N–H and O–H groups in total. The first-order chi connectivity index (χ1) is 9.45. The van der Waals surface area contributed by atoms with E-state index in [2.05, 4.69) is 5.43 Å². The van der Waals surface area contributed by atoms with E-state index in [0.717, 1.165) is 24.1 Å². The molecule has 2 amide bonds. The average molecular weight is 275 g/mol. The van der Waals surface area contributed by atoms with E-state index >= 15 is 0 Å². The summed E-state index contributed by atoms with van der Waals surface area (Å²) in [6, 6.07) is 7.87. The van der Waals surface area contributed by atoms with Crippen molar-refractivity contribution in [2.75, 3.05) is 11.4 Å². The van der Waals surface area contributed by atoms with Crippen molar-refractivity contribution in [3.8, 4) is 0 Å². The zero-order valence-corrected chi connectivity index (χ0v) is 12.0. The molecule has 1 aromatic carbocycles. The molecule has 108 valence electrons. The summed E-state index contributed by atoms with van der Waals surface area (Å²) in [5.41, 5.74) is 3.50. The monoisotopic (exact) mass is 275 g/mol. The minimum atomic E-state index is -0.734. The third-order valence-electron chi connectivity index (χ3n) is 3.72. The van der Waals surface area contributed by atoms with Crippen LogP contribution in [-0.4, -0.2) is 18.4 Å². The number of carbonyl (C=O) groups is 2. The van der Waals surface area contributed by atoms with E-state index in [4.69, 9.17) is 5.84 Å². The molecular weight excluding hydrogens is 254 g/mol. The molecule has 0 unspecified atom stereocenters. The maximum Gasteiger partial charge on any atom is 0.241 e. The van der Waals surface area contributed by atoms with Crippen LogP contribution in [0, 0.1) is 5.41 Å². The van der Waals surface area contributed by atoms with Gasteiger partial charge in [0.2, 0.25) is 11.8 Å². The van der Waals surface area contributed by atoms with E-state index in [-0.39, 0.29) is 11.8 Å². The van der Waals surface area contributed by atoms with Gasteiger partial charge in [-0.05, 0) is 38.3 Å². The zero-order chi connectivity index (χ0) is 14.8. The van der Waals surface area contributed by atoms with Crippen molar-refractivity contribution in [2.24, 2.45) is 11.3 Å². The lowest BCUT2D eigenvalue weighted by Crippen LogP contribution is -2.48. The Kier molecular flexibility index (Phi) is 4.09. The van der Waals surface area contributed by atoms with Crippen LogP contribution < -0.4 is 16.2 Å². The number of para-hydroxylation sites is 1. The fourth-order valence-electron chi connectivity index (χ4n) is 2.52. The quantitative estimate of drug-likeness (QED) is 0.497. The molecule has 0 saturated heterocycles. The molecule has 0 aliphatic carbocycles. The fraction of sp³-hybridized carbons (Fsp3) is 0.467. The van der Waals surface area contributed by atoms with E-state index < -0.39 is 5.41 Å². The lowest BCUT2D eigenvalue weighted by Gasteiger charge is -2.31. The highest BCUT2D eigenvalue weighted by Gasteiger charge is 2.33. The fourth-order valence-corrected chi connectivity index (χ4v) is 2.52. The van der Waals surface area contributed by atoms with E-state index in [9.17, 15) is 9.59 Å². The van der Waals surface area contributed by atoms with Crippen molar-refractivity contribution in [1.82, 2.24) is 5.43 Å². The summed E-state index contributed by atoms with van der Waals surface area (Å²) in [5.74, 6) is 5.01. The molecule has 0 aromatic heterocycles. The van der Waals surface area contributed by atoms with E-state index in [1.165, 1.54) is 0 Å². The zero-order valence-electron chi connectivity index (χ0n) is 12.0. The number of nitrogens with zero attached hydrogens (tertiary/aromatic N) is 1. The summed E-state index contributed by atoms with van der Waals surface area (Å²) in [6.45, 7) is 3.90. The molecule has 0 atom stereocenters. The van der Waals surface area contributed by atoms with E-state index in [1.54, 1.807) is 18.7 Å². The number of carbonyl (C=O) groups excluding carboxylic acids is 2. The summed E-state index contributed by atoms with van der Waals surface area (Å²) in [6.07, 6.45) is 2.24. The Bertz CT molecular complexity index is 526. The first-order valence-corrected chi connectivity index (χ1v) is 6.85. The van der Waals surface area contributed by atoms with Gasteiger partial charge in [0.15, 0.2) is 0 Å². The molecule has 1 heterocycles. The number of fused-ring (bicyclic) bond motifs is 1. The number of anilines is 1. The van der Waals surface area contributed by atoms with Gasteiger partial charge in [0.25, 0.3) is 0 Å². The van der Waals surface area contributed by atoms with Gasteiger partial charge in [-0.25, -0.2) is 5.84 Å². The van der Waals surface area contributed by atoms with E-state index in [1.807, 2.05) is 24.3 Å². The van der Waals surface area contributed by atoms with Crippen LogP contribution in [0.15, 0.2) is 24.3 Å². The Hall–Kier alpha value is -1.88. The number of benzene rings is 1. The summed E-state index contributed by atoms with van der Waals surface area (Å²) >= 11 is 0. The number of nitrogens with one attached hydrogen (secondary N) is 1. The topological polar surface area (TPSA) is 75.4 Å². The second-order valence-electron chi connectivity index (χ2n) is 5.82. The highest BCUT2D eigenvalue weighted by atomic mass is 16.2. The predicted molar refractivity (Wildman–Crippen MR) is 77.8 cm³/mol. The van der Waals surface area contributed by atoms with Crippen LogP contribution in [0.4, 0.5) is 5.69 Å². The third-order valence-corrected chi connectivity index (χ3v) is 3.72. The van der Waals surface area contributed by atoms with Crippen LogP contribution in [0.25, 0.3) is 0 Å². The number of rotatable bonds is 3. The molecule has 0 saturated carbocycles. The minimum absolute atomic E-state index is 0.0628. The number of hydrogen-bond donors (Lipinski definition) is 2. The maximum absolute atomic E-state index is 12.3. The van der Waals surface area contributed by atoms with Crippen molar-refractivity contribution in [2.45, 2.75) is 33.1 Å². The largest absolute Gasteiger partial charge is 0.311 e. The Balaban J connectivity index is 2.34. The molecule has 0 fully saturated rings. The van der Waals surface area contributed by atoms with Crippen LogP contribution in [0.1, 0.15) is 32.3 Å². The average Bonchev–Trinajstić information content (AvgIpc) is 2.58. The van der Waals surface area contributed by atoms with Crippen molar-refractivity contribution in [3.63, 3.8) is 0 Å². The SMILES string of the molecule is CC(C)(CN1C(=O)CCCc2ccccc21)C(=O)NN. The van der Waals surface area contributed by atoms with Gasteiger partial charge in [0.05, 0.1) is 5.41 Å². The first kappa shape index (κ1) is 14.5. The van der Waals surface area contributed by atoms with Crippen molar-refractivity contribution in [1.29, 1.82) is 0 Å². The van der Waals surface area contributed by atoms with Crippen LogP contribution in [0.2, 0.25) is 0 Å². The Morgan fingerprint density at radius 3 is 2.75 bits per heavy atom. The highest BCUT2D eigenvalue weighted by Crippen LogP contribution is 2.30. The van der Waals surface area contributed by atoms with Gasteiger partial charge in [-0.15, -0.1) is 0 Å². The first-order valence-electron chi connectivity index (χ1n) is 6.85. The highest BCUT2D eigenvalue weighted by molar-refractivity contribution is 5.96. The number of hydrogen-bond acceptors (Lipinski definition) is 3. The van der Waals surface area contributed by atoms with Gasteiger partial charge in [-0.2, -0.15) is 0 Å². The van der Waals surface area contributed by atoms with Crippen LogP contribution in [0.5, 0.6) is 0 Å². The molecule has 0 spiro atoms. The minimum Gasteiger partial charge on any atom is -0.311 e. The lowest BCUT2D eigenvalue weighted by atomic mass is 9.91. The van der Waals surface area contributed by atoms with Gasteiger partial charge in [0.1, 0.15) is 0 Å². The summed E-state index contributed by atoms with van der Waals surface area (Å²) in [5, 5.41) is 0. The molecule has 5 heteroatoms. The molecule has 0 bridgehead atoms. The number of aryl methyl sites for hydroxylation is 1. The summed E-state index contributed by atoms with van der Waals surface area (Å²) in [4.78, 5) is 25.9. The van der Waals surface area contributed by atoms with Crippen LogP contribution >= 0.6 is 0 Å². The second-order valence-corrected chi connectivity index (χ2v) is 5.82. The molecular formula is C15H21N3O2. The standard InChI is InChI=1S/C15H21N3O2/c1-15(2,14(20)17-16)10-18-12-8-4-3-6-11(12)7-5-9-13(18)19/h3-4,6,8H,5,7,9-10,16H2,1-2H3,(H,17,20). The van der Waals surface area contributed by atoms with Crippen molar-refractivity contribution in [3.05, 3.63) is 29.8 Å². The molecule has 1 aliphatic rings. The Labute approximate surface area is 119 Å². The van der Waals surface area contributed by atoms with Gasteiger partial charge in [0, 0.05) is 18.7 Å². The second kappa shape index (κ2) is 5.63. The van der Waals surface area contributed by atoms with Crippen LogP contribution in [-0.2, 0) is 16.0 Å².